The van der Waals surface area contributed by atoms with Gasteiger partial charge in [-0.25, -0.2) is 4.98 Å². The van der Waals surface area contributed by atoms with Crippen molar-refractivity contribution < 1.29 is 9.72 Å². The lowest BCUT2D eigenvalue weighted by Crippen LogP contribution is -2.25. The second-order valence-corrected chi connectivity index (χ2v) is 3.92. The molecule has 0 fully saturated rings. The number of aromatic nitrogens is 1. The van der Waals surface area contributed by atoms with E-state index in [1.54, 1.807) is 0 Å². The number of halogens is 1. The first-order valence-corrected chi connectivity index (χ1v) is 5.72. The summed E-state index contributed by atoms with van der Waals surface area (Å²) in [6.07, 6.45) is 2.46. The molecule has 7 nitrogen and oxygen atoms in total. The number of pyridine rings is 1. The number of carbonyl (C=O) groups excluding carboxylic acids is 1. The molecule has 0 radical (unpaired) electrons. The van der Waals surface area contributed by atoms with Crippen LogP contribution in [-0.2, 0) is 0 Å². The van der Waals surface area contributed by atoms with Gasteiger partial charge in [-0.15, -0.1) is 0 Å². The number of nitro groups is 1. The SMILES string of the molecule is NCCCCNC(=O)c1cc(Cl)ncc1[N+](=O)[O-]. The first-order chi connectivity index (χ1) is 8.56. The van der Waals surface area contributed by atoms with E-state index in [0.717, 1.165) is 19.0 Å². The van der Waals surface area contributed by atoms with Gasteiger partial charge in [-0.3, -0.25) is 14.9 Å². The number of unbranched alkanes of at least 4 members (excludes halogenated alkanes) is 1. The fraction of sp³-hybridized carbons (Fsp3) is 0.400. The standard InChI is InChI=1S/C10H13ClN4O3/c11-9-5-7(8(6-14-9)15(17)18)10(16)13-4-2-1-3-12/h5-6H,1-4,12H2,(H,13,16). The third-order valence-corrected chi connectivity index (χ3v) is 2.41. The topological polar surface area (TPSA) is 111 Å². The van der Waals surface area contributed by atoms with Crippen LogP contribution in [0.3, 0.4) is 0 Å². The van der Waals surface area contributed by atoms with Gasteiger partial charge in [0.2, 0.25) is 0 Å². The van der Waals surface area contributed by atoms with Crippen LogP contribution in [0.2, 0.25) is 5.15 Å². The van der Waals surface area contributed by atoms with Gasteiger partial charge >= 0.3 is 0 Å². The number of hydrogen-bond donors (Lipinski definition) is 2. The second kappa shape index (κ2) is 6.87. The lowest BCUT2D eigenvalue weighted by molar-refractivity contribution is -0.385. The maximum absolute atomic E-state index is 11.8. The fourth-order valence-corrected chi connectivity index (χ4v) is 1.47. The van der Waals surface area contributed by atoms with Gasteiger partial charge in [0.05, 0.1) is 4.92 Å². The number of nitrogens with two attached hydrogens (primary N) is 1. The predicted octanol–water partition coefficient (Wildman–Crippen LogP) is 1.11. The third kappa shape index (κ3) is 3.94. The van der Waals surface area contributed by atoms with Crippen molar-refractivity contribution in [2.45, 2.75) is 12.8 Å². The highest BCUT2D eigenvalue weighted by Gasteiger charge is 2.20. The van der Waals surface area contributed by atoms with Gasteiger partial charge < -0.3 is 11.1 Å². The minimum Gasteiger partial charge on any atom is -0.352 e. The zero-order chi connectivity index (χ0) is 13.5. The highest BCUT2D eigenvalue weighted by atomic mass is 35.5. The monoisotopic (exact) mass is 272 g/mol. The Balaban J connectivity index is 2.77. The summed E-state index contributed by atoms with van der Waals surface area (Å²) in [5, 5.41) is 13.3. The molecule has 8 heteroatoms. The molecule has 0 saturated heterocycles. The van der Waals surface area contributed by atoms with Crippen molar-refractivity contribution >= 4 is 23.2 Å². The number of hydrogen-bond acceptors (Lipinski definition) is 5. The van der Waals surface area contributed by atoms with Crippen LogP contribution < -0.4 is 11.1 Å². The van der Waals surface area contributed by atoms with E-state index in [1.807, 2.05) is 0 Å². The zero-order valence-electron chi connectivity index (χ0n) is 9.56. The summed E-state index contributed by atoms with van der Waals surface area (Å²) >= 11 is 5.62. The van der Waals surface area contributed by atoms with E-state index >= 15 is 0 Å². The average Bonchev–Trinajstić information content (AvgIpc) is 2.34. The van der Waals surface area contributed by atoms with Crippen molar-refractivity contribution in [3.63, 3.8) is 0 Å². The summed E-state index contributed by atoms with van der Waals surface area (Å²) in [4.78, 5) is 25.4. The Hall–Kier alpha value is -1.73. The summed E-state index contributed by atoms with van der Waals surface area (Å²) in [7, 11) is 0. The summed E-state index contributed by atoms with van der Waals surface area (Å²) in [5.41, 5.74) is 4.86. The normalized spacial score (nSPS) is 10.1. The second-order valence-electron chi connectivity index (χ2n) is 3.53. The molecule has 1 amide bonds. The van der Waals surface area contributed by atoms with Crippen molar-refractivity contribution in [3.05, 3.63) is 33.1 Å². The molecule has 0 aliphatic rings. The number of amides is 1. The van der Waals surface area contributed by atoms with E-state index in [1.165, 1.54) is 6.07 Å². The van der Waals surface area contributed by atoms with E-state index in [-0.39, 0.29) is 16.4 Å². The van der Waals surface area contributed by atoms with Gasteiger partial charge in [0.15, 0.2) is 0 Å². The van der Waals surface area contributed by atoms with Crippen molar-refractivity contribution in [2.75, 3.05) is 13.1 Å². The zero-order valence-corrected chi connectivity index (χ0v) is 10.3. The van der Waals surface area contributed by atoms with Crippen molar-refractivity contribution in [1.82, 2.24) is 10.3 Å². The molecule has 0 aromatic carbocycles. The van der Waals surface area contributed by atoms with Gasteiger partial charge in [-0.1, -0.05) is 11.6 Å². The summed E-state index contributed by atoms with van der Waals surface area (Å²) < 4.78 is 0. The fourth-order valence-electron chi connectivity index (χ4n) is 1.32. The first kappa shape index (κ1) is 14.3. The molecule has 98 valence electrons. The van der Waals surface area contributed by atoms with E-state index in [0.29, 0.717) is 13.1 Å². The molecule has 0 saturated carbocycles. The Morgan fingerprint density at radius 2 is 2.28 bits per heavy atom. The van der Waals surface area contributed by atoms with Crippen molar-refractivity contribution in [1.29, 1.82) is 0 Å². The molecular weight excluding hydrogens is 260 g/mol. The van der Waals surface area contributed by atoms with Gasteiger partial charge in [0.1, 0.15) is 16.9 Å². The molecule has 3 N–H and O–H groups in total. The first-order valence-electron chi connectivity index (χ1n) is 5.34. The van der Waals surface area contributed by atoms with Crippen LogP contribution in [0.1, 0.15) is 23.2 Å². The molecule has 1 rings (SSSR count). The predicted molar refractivity (Wildman–Crippen MR) is 66.5 cm³/mol. The quantitative estimate of drug-likeness (QED) is 0.349. The average molecular weight is 273 g/mol. The van der Waals surface area contributed by atoms with Crippen LogP contribution in [0.5, 0.6) is 0 Å². The van der Waals surface area contributed by atoms with E-state index in [2.05, 4.69) is 10.3 Å². The molecule has 1 heterocycles. The van der Waals surface area contributed by atoms with E-state index < -0.39 is 10.8 Å². The minimum atomic E-state index is -0.669. The van der Waals surface area contributed by atoms with E-state index in [9.17, 15) is 14.9 Å². The summed E-state index contributed by atoms with van der Waals surface area (Å²) in [5.74, 6) is -0.539. The Kier molecular flexibility index (Phi) is 5.47. The van der Waals surface area contributed by atoms with Gasteiger partial charge in [0, 0.05) is 6.54 Å². The lowest BCUT2D eigenvalue weighted by atomic mass is 10.2. The molecule has 0 bridgehead atoms. The molecule has 0 aliphatic heterocycles. The Labute approximate surface area is 108 Å². The smallest absolute Gasteiger partial charge is 0.300 e. The molecule has 0 unspecified atom stereocenters. The van der Waals surface area contributed by atoms with E-state index in [4.69, 9.17) is 17.3 Å². The molecule has 18 heavy (non-hydrogen) atoms. The van der Waals surface area contributed by atoms with Crippen LogP contribution in [0.25, 0.3) is 0 Å². The van der Waals surface area contributed by atoms with Gasteiger partial charge in [0.25, 0.3) is 11.6 Å². The van der Waals surface area contributed by atoms with Crippen molar-refractivity contribution in [2.24, 2.45) is 5.73 Å². The Morgan fingerprint density at radius 3 is 2.89 bits per heavy atom. The van der Waals surface area contributed by atoms with Crippen LogP contribution in [-0.4, -0.2) is 28.9 Å². The molecule has 1 aromatic rings. The lowest BCUT2D eigenvalue weighted by Gasteiger charge is -2.05. The molecule has 0 atom stereocenters. The number of rotatable bonds is 6. The summed E-state index contributed by atoms with van der Waals surface area (Å²) in [6, 6.07) is 1.18. The van der Waals surface area contributed by atoms with Crippen LogP contribution in [0, 0.1) is 10.1 Å². The third-order valence-electron chi connectivity index (χ3n) is 2.21. The van der Waals surface area contributed by atoms with Gasteiger partial charge in [-0.05, 0) is 25.5 Å². The largest absolute Gasteiger partial charge is 0.352 e. The highest BCUT2D eigenvalue weighted by Crippen LogP contribution is 2.20. The molecule has 0 aliphatic carbocycles. The number of nitrogens with one attached hydrogen (secondary N) is 1. The maximum atomic E-state index is 11.8. The van der Waals surface area contributed by atoms with Crippen LogP contribution in [0.4, 0.5) is 5.69 Å². The minimum absolute atomic E-state index is 0.0349. The Morgan fingerprint density at radius 1 is 1.56 bits per heavy atom. The van der Waals surface area contributed by atoms with Crippen molar-refractivity contribution in [3.8, 4) is 0 Å². The number of nitrogens with zero attached hydrogens (tertiary/aromatic N) is 2. The molecule has 0 spiro atoms. The Bertz CT molecular complexity index is 453. The molecular formula is C10H13ClN4O3. The van der Waals surface area contributed by atoms with Gasteiger partial charge in [-0.2, -0.15) is 0 Å². The number of carbonyl (C=O) groups is 1. The molecule has 1 aromatic heterocycles. The summed E-state index contributed by atoms with van der Waals surface area (Å²) in [6.45, 7) is 0.949. The maximum Gasteiger partial charge on any atom is 0.300 e. The van der Waals surface area contributed by atoms with Crippen LogP contribution in [0.15, 0.2) is 12.3 Å². The van der Waals surface area contributed by atoms with Crippen LogP contribution >= 0.6 is 11.6 Å². The highest BCUT2D eigenvalue weighted by molar-refractivity contribution is 6.29.